The smallest absolute Gasteiger partial charge is 0.338 e. The lowest BCUT2D eigenvalue weighted by molar-refractivity contribution is -0.136. The molecule has 0 radical (unpaired) electrons. The third-order valence-corrected chi connectivity index (χ3v) is 6.43. The van der Waals surface area contributed by atoms with Crippen molar-refractivity contribution < 1.29 is 14.3 Å². The van der Waals surface area contributed by atoms with Crippen molar-refractivity contribution in [3.05, 3.63) is 80.2 Å². The number of amides is 1. The first-order valence-electron chi connectivity index (χ1n) is 8.83. The number of nitrogens with zero attached hydrogens (tertiary/aromatic N) is 2. The highest BCUT2D eigenvalue weighted by molar-refractivity contribution is 7.12. The van der Waals surface area contributed by atoms with Crippen LogP contribution < -0.4 is 0 Å². The van der Waals surface area contributed by atoms with E-state index in [-0.39, 0.29) is 18.6 Å². The van der Waals surface area contributed by atoms with E-state index in [9.17, 15) is 9.59 Å². The van der Waals surface area contributed by atoms with E-state index in [0.29, 0.717) is 12.0 Å². The molecule has 1 amide bonds. The molecule has 1 atom stereocenters. The second-order valence-corrected chi connectivity index (χ2v) is 8.32. The highest BCUT2D eigenvalue weighted by atomic mass is 32.1. The maximum atomic E-state index is 12.8. The van der Waals surface area contributed by atoms with Crippen LogP contribution in [-0.2, 0) is 9.53 Å². The molecule has 0 fully saturated rings. The summed E-state index contributed by atoms with van der Waals surface area (Å²) < 4.78 is 5.28. The van der Waals surface area contributed by atoms with Crippen LogP contribution in [0.5, 0.6) is 0 Å². The summed E-state index contributed by atoms with van der Waals surface area (Å²) in [6.07, 6.45) is 0.651. The number of hydrogen-bond donors (Lipinski definition) is 0. The largest absolute Gasteiger partial charge is 0.452 e. The second kappa shape index (κ2) is 8.08. The first kappa shape index (κ1) is 18.6. The van der Waals surface area contributed by atoms with Gasteiger partial charge in [-0.2, -0.15) is 5.10 Å². The Balaban J connectivity index is 1.50. The van der Waals surface area contributed by atoms with Crippen LogP contribution in [-0.4, -0.2) is 29.2 Å². The Labute approximate surface area is 170 Å². The van der Waals surface area contributed by atoms with Crippen LogP contribution in [0.15, 0.2) is 64.4 Å². The summed E-state index contributed by atoms with van der Waals surface area (Å²) in [6.45, 7) is 1.50. The lowest BCUT2D eigenvalue weighted by Gasteiger charge is -2.20. The van der Waals surface area contributed by atoms with Crippen LogP contribution in [0.4, 0.5) is 0 Å². The third-order valence-electron chi connectivity index (χ3n) is 4.53. The van der Waals surface area contributed by atoms with Crippen molar-refractivity contribution in [2.75, 3.05) is 6.61 Å². The fraction of sp³-hybridized carbons (Fsp3) is 0.190. The molecular formula is C21H18N2O3S2. The van der Waals surface area contributed by atoms with E-state index >= 15 is 0 Å². The molecular weight excluding hydrogens is 392 g/mol. The lowest BCUT2D eigenvalue weighted by atomic mass is 10.1. The Kier molecular flexibility index (Phi) is 5.36. The maximum Gasteiger partial charge on any atom is 0.338 e. The van der Waals surface area contributed by atoms with Gasteiger partial charge in [0.15, 0.2) is 6.61 Å². The first-order chi connectivity index (χ1) is 13.6. The van der Waals surface area contributed by atoms with Gasteiger partial charge in [-0.15, -0.1) is 22.7 Å². The highest BCUT2D eigenvalue weighted by Crippen LogP contribution is 2.35. The van der Waals surface area contributed by atoms with Gasteiger partial charge in [0.05, 0.1) is 22.2 Å². The summed E-state index contributed by atoms with van der Waals surface area (Å²) in [5.41, 5.74) is 2.16. The minimum atomic E-state index is -0.499. The summed E-state index contributed by atoms with van der Waals surface area (Å²) in [6, 6.07) is 14.9. The number of aryl methyl sites for hydroxylation is 1. The van der Waals surface area contributed by atoms with Gasteiger partial charge >= 0.3 is 5.97 Å². The summed E-state index contributed by atoms with van der Waals surface area (Å²) >= 11 is 3.19. The number of esters is 1. The van der Waals surface area contributed by atoms with Crippen molar-refractivity contribution in [2.45, 2.75) is 19.4 Å². The van der Waals surface area contributed by atoms with E-state index in [1.807, 2.05) is 54.1 Å². The van der Waals surface area contributed by atoms with Crippen LogP contribution in [0.3, 0.4) is 0 Å². The number of ether oxygens (including phenoxy) is 1. The van der Waals surface area contributed by atoms with E-state index in [1.165, 1.54) is 5.01 Å². The number of carbonyl (C=O) groups is 2. The molecule has 2 aromatic heterocycles. The van der Waals surface area contributed by atoms with E-state index in [4.69, 9.17) is 4.74 Å². The Morgan fingerprint density at radius 1 is 1.11 bits per heavy atom. The molecule has 1 aliphatic heterocycles. The SMILES string of the molecule is Cc1ccccc1C(=O)OCC(=O)N1N=C(c2cccs2)CC1c1cccs1. The van der Waals surface area contributed by atoms with Crippen molar-refractivity contribution in [3.63, 3.8) is 0 Å². The predicted molar refractivity (Wildman–Crippen MR) is 111 cm³/mol. The van der Waals surface area contributed by atoms with Gasteiger partial charge < -0.3 is 4.74 Å². The zero-order valence-corrected chi connectivity index (χ0v) is 16.8. The van der Waals surface area contributed by atoms with Crippen LogP contribution >= 0.6 is 22.7 Å². The molecule has 7 heteroatoms. The minimum Gasteiger partial charge on any atom is -0.452 e. The molecule has 0 saturated heterocycles. The van der Waals surface area contributed by atoms with Crippen molar-refractivity contribution >= 4 is 40.3 Å². The van der Waals surface area contributed by atoms with Gasteiger partial charge in [-0.3, -0.25) is 4.79 Å². The van der Waals surface area contributed by atoms with Crippen LogP contribution in [0, 0.1) is 6.92 Å². The van der Waals surface area contributed by atoms with Crippen molar-refractivity contribution in [1.82, 2.24) is 5.01 Å². The number of hydrogen-bond acceptors (Lipinski definition) is 6. The molecule has 4 rings (SSSR count). The quantitative estimate of drug-likeness (QED) is 0.575. The molecule has 0 aliphatic carbocycles. The molecule has 0 bridgehead atoms. The van der Waals surface area contributed by atoms with Crippen LogP contribution in [0.2, 0.25) is 0 Å². The molecule has 0 spiro atoms. The zero-order chi connectivity index (χ0) is 19.5. The van der Waals surface area contributed by atoms with Gasteiger partial charge in [0.25, 0.3) is 5.91 Å². The molecule has 3 heterocycles. The van der Waals surface area contributed by atoms with Gasteiger partial charge in [0.2, 0.25) is 0 Å². The number of hydrazone groups is 1. The minimum absolute atomic E-state index is 0.165. The third kappa shape index (κ3) is 3.76. The van der Waals surface area contributed by atoms with Gasteiger partial charge in [-0.05, 0) is 41.4 Å². The first-order valence-corrected chi connectivity index (χ1v) is 10.6. The lowest BCUT2D eigenvalue weighted by Crippen LogP contribution is -2.31. The Bertz CT molecular complexity index is 1010. The molecule has 3 aromatic rings. The Hall–Kier alpha value is -2.77. The van der Waals surface area contributed by atoms with Crippen molar-refractivity contribution in [1.29, 1.82) is 0 Å². The van der Waals surface area contributed by atoms with E-state index in [0.717, 1.165) is 21.0 Å². The van der Waals surface area contributed by atoms with Gasteiger partial charge in [0, 0.05) is 11.3 Å². The van der Waals surface area contributed by atoms with Crippen LogP contribution in [0.25, 0.3) is 0 Å². The number of benzene rings is 1. The standard InChI is InChI=1S/C21H18N2O3S2/c1-14-6-2-3-7-15(14)21(25)26-13-20(24)23-17(19-9-5-11-28-19)12-16(22-23)18-8-4-10-27-18/h2-11,17H,12-13H2,1H3. The molecule has 1 unspecified atom stereocenters. The Morgan fingerprint density at radius 3 is 2.61 bits per heavy atom. The number of thiophene rings is 2. The number of rotatable bonds is 5. The average molecular weight is 411 g/mol. The van der Waals surface area contributed by atoms with E-state index in [1.54, 1.807) is 34.8 Å². The van der Waals surface area contributed by atoms with Gasteiger partial charge in [-0.25, -0.2) is 9.80 Å². The molecule has 1 aliphatic rings. The average Bonchev–Trinajstić information content (AvgIpc) is 3.46. The normalized spacial score (nSPS) is 16.1. The summed E-state index contributed by atoms with van der Waals surface area (Å²) in [4.78, 5) is 27.3. The molecule has 5 nitrogen and oxygen atoms in total. The van der Waals surface area contributed by atoms with E-state index in [2.05, 4.69) is 5.10 Å². The molecule has 0 N–H and O–H groups in total. The number of carbonyl (C=O) groups excluding carboxylic acids is 2. The van der Waals surface area contributed by atoms with Crippen molar-refractivity contribution in [2.24, 2.45) is 5.10 Å². The topological polar surface area (TPSA) is 59.0 Å². The fourth-order valence-electron chi connectivity index (χ4n) is 3.11. The molecule has 28 heavy (non-hydrogen) atoms. The fourth-order valence-corrected chi connectivity index (χ4v) is 4.64. The van der Waals surface area contributed by atoms with Gasteiger partial charge in [-0.1, -0.05) is 30.3 Å². The molecule has 1 aromatic carbocycles. The highest BCUT2D eigenvalue weighted by Gasteiger charge is 2.34. The predicted octanol–water partition coefficient (Wildman–Crippen LogP) is 4.65. The summed E-state index contributed by atoms with van der Waals surface area (Å²) in [5, 5.41) is 10.0. The molecule has 142 valence electrons. The Morgan fingerprint density at radius 2 is 1.89 bits per heavy atom. The van der Waals surface area contributed by atoms with E-state index < -0.39 is 5.97 Å². The van der Waals surface area contributed by atoms with Crippen LogP contribution in [0.1, 0.15) is 38.1 Å². The summed E-state index contributed by atoms with van der Waals surface area (Å²) in [7, 11) is 0. The monoisotopic (exact) mass is 410 g/mol. The zero-order valence-electron chi connectivity index (χ0n) is 15.2. The van der Waals surface area contributed by atoms with Gasteiger partial charge in [0.1, 0.15) is 0 Å². The van der Waals surface area contributed by atoms with Crippen molar-refractivity contribution in [3.8, 4) is 0 Å². The second-order valence-electron chi connectivity index (χ2n) is 6.39. The summed E-state index contributed by atoms with van der Waals surface area (Å²) in [5.74, 6) is -0.826. The molecule has 0 saturated carbocycles. The maximum absolute atomic E-state index is 12.8.